The molecule has 0 bridgehead atoms. The molecule has 0 saturated carbocycles. The Labute approximate surface area is 194 Å². The lowest BCUT2D eigenvalue weighted by molar-refractivity contribution is -0.139. The Morgan fingerprint density at radius 2 is 1.59 bits per heavy atom. The van der Waals surface area contributed by atoms with Crippen LogP contribution in [0.25, 0.3) is 0 Å². The van der Waals surface area contributed by atoms with E-state index >= 15 is 0 Å². The monoisotopic (exact) mass is 450 g/mol. The minimum absolute atomic E-state index is 0.173. The second-order valence-corrected chi connectivity index (χ2v) is 7.94. The number of nitrogens with zero attached hydrogens (tertiary/aromatic N) is 1. The molecule has 32 heavy (non-hydrogen) atoms. The summed E-state index contributed by atoms with van der Waals surface area (Å²) >= 11 is 6.00. The standard InChI is InChI=1S/C26H27ClN2O3/c1-19(30)29(18-21-12-14-23(27)15-13-21)24(16-20-8-4-3-5-9-20)26(31)28-17-22-10-6-7-11-25(22)32-2/h3-15,24H,16-18H2,1-2H3,(H,28,31). The van der Waals surface area contributed by atoms with Crippen molar-refractivity contribution in [3.63, 3.8) is 0 Å². The van der Waals surface area contributed by atoms with Crippen molar-refractivity contribution in [2.45, 2.75) is 32.5 Å². The summed E-state index contributed by atoms with van der Waals surface area (Å²) < 4.78 is 5.38. The Kier molecular flexibility index (Phi) is 8.28. The summed E-state index contributed by atoms with van der Waals surface area (Å²) in [7, 11) is 1.60. The number of amides is 2. The Morgan fingerprint density at radius 1 is 0.938 bits per heavy atom. The molecule has 166 valence electrons. The summed E-state index contributed by atoms with van der Waals surface area (Å²) in [5, 5.41) is 3.61. The number of benzene rings is 3. The van der Waals surface area contributed by atoms with Crippen LogP contribution >= 0.6 is 11.6 Å². The van der Waals surface area contributed by atoms with Gasteiger partial charge in [-0.25, -0.2) is 0 Å². The van der Waals surface area contributed by atoms with Crippen molar-refractivity contribution >= 4 is 23.4 Å². The molecule has 1 unspecified atom stereocenters. The third kappa shape index (κ3) is 6.34. The molecular weight excluding hydrogens is 424 g/mol. The van der Waals surface area contributed by atoms with Gasteiger partial charge >= 0.3 is 0 Å². The van der Waals surface area contributed by atoms with Crippen molar-refractivity contribution < 1.29 is 14.3 Å². The van der Waals surface area contributed by atoms with Gasteiger partial charge in [0, 0.05) is 37.0 Å². The van der Waals surface area contributed by atoms with Gasteiger partial charge in [0.15, 0.2) is 0 Å². The lowest BCUT2D eigenvalue weighted by Crippen LogP contribution is -2.49. The topological polar surface area (TPSA) is 58.6 Å². The van der Waals surface area contributed by atoms with E-state index in [1.165, 1.54) is 6.92 Å². The molecule has 0 spiro atoms. The average Bonchev–Trinajstić information content (AvgIpc) is 2.81. The average molecular weight is 451 g/mol. The van der Waals surface area contributed by atoms with E-state index in [1.54, 1.807) is 24.1 Å². The molecule has 0 fully saturated rings. The van der Waals surface area contributed by atoms with E-state index in [-0.39, 0.29) is 11.8 Å². The normalized spacial score (nSPS) is 11.5. The van der Waals surface area contributed by atoms with Crippen LogP contribution in [0.15, 0.2) is 78.9 Å². The smallest absolute Gasteiger partial charge is 0.243 e. The van der Waals surface area contributed by atoms with E-state index in [2.05, 4.69) is 5.32 Å². The first-order chi connectivity index (χ1) is 15.5. The highest BCUT2D eigenvalue weighted by atomic mass is 35.5. The molecule has 6 heteroatoms. The van der Waals surface area contributed by atoms with Crippen molar-refractivity contribution in [2.75, 3.05) is 7.11 Å². The highest BCUT2D eigenvalue weighted by molar-refractivity contribution is 6.30. The highest BCUT2D eigenvalue weighted by Crippen LogP contribution is 2.19. The maximum atomic E-state index is 13.3. The maximum Gasteiger partial charge on any atom is 0.243 e. The molecule has 0 aliphatic heterocycles. The summed E-state index contributed by atoms with van der Waals surface area (Å²) in [6, 6.07) is 23.9. The predicted octanol–water partition coefficient (Wildman–Crippen LogP) is 4.62. The number of hydrogen-bond donors (Lipinski definition) is 1. The number of rotatable bonds is 9. The van der Waals surface area contributed by atoms with Gasteiger partial charge in [0.2, 0.25) is 11.8 Å². The SMILES string of the molecule is COc1ccccc1CNC(=O)C(Cc1ccccc1)N(Cc1ccc(Cl)cc1)C(C)=O. The first-order valence-electron chi connectivity index (χ1n) is 10.4. The second kappa shape index (κ2) is 11.3. The molecule has 2 amide bonds. The third-order valence-electron chi connectivity index (χ3n) is 5.27. The minimum atomic E-state index is -0.666. The summed E-state index contributed by atoms with van der Waals surface area (Å²) in [5.74, 6) is 0.314. The molecule has 1 N–H and O–H groups in total. The van der Waals surface area contributed by atoms with Crippen LogP contribution in [0, 0.1) is 0 Å². The van der Waals surface area contributed by atoms with E-state index in [9.17, 15) is 9.59 Å². The number of carbonyl (C=O) groups excluding carboxylic acids is 2. The van der Waals surface area contributed by atoms with Crippen molar-refractivity contribution in [1.82, 2.24) is 10.2 Å². The van der Waals surface area contributed by atoms with Crippen molar-refractivity contribution in [3.8, 4) is 5.75 Å². The summed E-state index contributed by atoms with van der Waals surface area (Å²) in [6.45, 7) is 2.11. The van der Waals surface area contributed by atoms with E-state index in [4.69, 9.17) is 16.3 Å². The van der Waals surface area contributed by atoms with Crippen molar-refractivity contribution in [1.29, 1.82) is 0 Å². The van der Waals surface area contributed by atoms with Gasteiger partial charge in [-0.15, -0.1) is 0 Å². The van der Waals surface area contributed by atoms with E-state index in [1.807, 2.05) is 66.7 Å². The molecule has 0 heterocycles. The van der Waals surface area contributed by atoms with Crippen LogP contribution in [0.3, 0.4) is 0 Å². The molecule has 3 aromatic rings. The van der Waals surface area contributed by atoms with Gasteiger partial charge in [0.1, 0.15) is 11.8 Å². The first-order valence-corrected chi connectivity index (χ1v) is 10.8. The van der Waals surface area contributed by atoms with Crippen molar-refractivity contribution in [3.05, 3.63) is 101 Å². The lowest BCUT2D eigenvalue weighted by atomic mass is 10.0. The van der Waals surface area contributed by atoms with E-state index in [0.29, 0.717) is 30.3 Å². The molecule has 0 saturated heterocycles. The highest BCUT2D eigenvalue weighted by Gasteiger charge is 2.28. The number of methoxy groups -OCH3 is 1. The molecule has 3 rings (SSSR count). The fourth-order valence-corrected chi connectivity index (χ4v) is 3.68. The summed E-state index contributed by atoms with van der Waals surface area (Å²) in [6.07, 6.45) is 0.408. The lowest BCUT2D eigenvalue weighted by Gasteiger charge is -2.30. The Morgan fingerprint density at radius 3 is 2.25 bits per heavy atom. The number of hydrogen-bond acceptors (Lipinski definition) is 3. The Balaban J connectivity index is 1.84. The summed E-state index contributed by atoms with van der Waals surface area (Å²) in [5.41, 5.74) is 2.75. The van der Waals surface area contributed by atoms with Gasteiger partial charge in [-0.2, -0.15) is 0 Å². The van der Waals surface area contributed by atoms with Crippen LogP contribution < -0.4 is 10.1 Å². The van der Waals surface area contributed by atoms with Gasteiger partial charge in [-0.3, -0.25) is 9.59 Å². The zero-order chi connectivity index (χ0) is 22.9. The third-order valence-corrected chi connectivity index (χ3v) is 5.52. The largest absolute Gasteiger partial charge is 0.496 e. The Bertz CT molecular complexity index is 1040. The van der Waals surface area contributed by atoms with Gasteiger partial charge in [-0.1, -0.05) is 72.3 Å². The molecule has 0 aromatic heterocycles. The fourth-order valence-electron chi connectivity index (χ4n) is 3.56. The van der Waals surface area contributed by atoms with Crippen LogP contribution in [-0.4, -0.2) is 29.9 Å². The zero-order valence-corrected chi connectivity index (χ0v) is 19.0. The van der Waals surface area contributed by atoms with Crippen LogP contribution in [0.2, 0.25) is 5.02 Å². The molecular formula is C26H27ClN2O3. The van der Waals surface area contributed by atoms with Gasteiger partial charge in [0.05, 0.1) is 7.11 Å². The number of halogens is 1. The zero-order valence-electron chi connectivity index (χ0n) is 18.3. The summed E-state index contributed by atoms with van der Waals surface area (Å²) in [4.78, 5) is 27.6. The molecule has 3 aromatic carbocycles. The van der Waals surface area contributed by atoms with E-state index < -0.39 is 6.04 Å². The molecule has 0 radical (unpaired) electrons. The van der Waals surface area contributed by atoms with Gasteiger partial charge < -0.3 is 15.0 Å². The molecule has 0 aliphatic carbocycles. The van der Waals surface area contributed by atoms with Gasteiger partial charge in [-0.05, 0) is 29.3 Å². The number of nitrogens with one attached hydrogen (secondary N) is 1. The first kappa shape index (κ1) is 23.4. The van der Waals surface area contributed by atoms with Crippen LogP contribution in [0.5, 0.6) is 5.75 Å². The maximum absolute atomic E-state index is 13.3. The fraction of sp³-hybridized carbons (Fsp3) is 0.231. The quantitative estimate of drug-likeness (QED) is 0.517. The van der Waals surface area contributed by atoms with Crippen LogP contribution in [0.4, 0.5) is 0 Å². The number of ether oxygens (including phenoxy) is 1. The van der Waals surface area contributed by atoms with Crippen molar-refractivity contribution in [2.24, 2.45) is 0 Å². The van der Waals surface area contributed by atoms with Crippen LogP contribution in [-0.2, 0) is 29.1 Å². The Hall–Kier alpha value is -3.31. The minimum Gasteiger partial charge on any atom is -0.496 e. The molecule has 1 atom stereocenters. The molecule has 5 nitrogen and oxygen atoms in total. The molecule has 0 aliphatic rings. The number of para-hydroxylation sites is 1. The van der Waals surface area contributed by atoms with Crippen LogP contribution in [0.1, 0.15) is 23.6 Å². The van der Waals surface area contributed by atoms with Gasteiger partial charge in [0.25, 0.3) is 0 Å². The predicted molar refractivity (Wildman–Crippen MR) is 126 cm³/mol. The number of carbonyl (C=O) groups is 2. The second-order valence-electron chi connectivity index (χ2n) is 7.51. The van der Waals surface area contributed by atoms with E-state index in [0.717, 1.165) is 16.7 Å².